The Hall–Kier alpha value is -3.40. The highest BCUT2D eigenvalue weighted by atomic mass is 35.5. The highest BCUT2D eigenvalue weighted by Crippen LogP contribution is 2.25. The molecule has 1 N–H and O–H groups in total. The second-order valence-electron chi connectivity index (χ2n) is 6.69. The van der Waals surface area contributed by atoms with Crippen LogP contribution in [0.2, 0.25) is 5.02 Å². The van der Waals surface area contributed by atoms with Crippen LogP contribution in [0.5, 0.6) is 5.75 Å². The molecule has 0 radical (unpaired) electrons. The molecular weight excluding hydrogens is 470 g/mol. The maximum Gasteiger partial charge on any atom is 0.331 e. The Bertz CT molecular complexity index is 1250. The largest absolute Gasteiger partial charge is 0.495 e. The van der Waals surface area contributed by atoms with Crippen molar-refractivity contribution in [3.8, 4) is 5.75 Å². The summed E-state index contributed by atoms with van der Waals surface area (Å²) in [7, 11) is -2.58. The fourth-order valence-corrected chi connectivity index (χ4v) is 4.05. The first kappa shape index (κ1) is 24.2. The van der Waals surface area contributed by atoms with E-state index in [9.17, 15) is 18.0 Å². The van der Waals surface area contributed by atoms with Crippen molar-refractivity contribution in [3.05, 3.63) is 88.8 Å². The molecule has 3 aromatic rings. The zero-order valence-corrected chi connectivity index (χ0v) is 19.1. The first-order chi connectivity index (χ1) is 15.8. The number of rotatable bonds is 10. The fourth-order valence-electron chi connectivity index (χ4n) is 2.73. The smallest absolute Gasteiger partial charge is 0.331 e. The molecule has 0 aliphatic carbocycles. The average molecular weight is 490 g/mol. The Labute approximate surface area is 195 Å². The fraction of sp³-hybridized carbons (Fsp3) is 0.130. The van der Waals surface area contributed by atoms with Crippen LogP contribution in [-0.4, -0.2) is 33.9 Å². The van der Waals surface area contributed by atoms with Gasteiger partial charge in [0.2, 0.25) is 10.0 Å². The minimum atomic E-state index is -3.93. The van der Waals surface area contributed by atoms with Crippen LogP contribution in [0, 0.1) is 0 Å². The molecule has 0 bridgehead atoms. The number of Topliss-reactive ketones (excluding diaryl/α,β-unsaturated/α-hetero) is 1. The number of ketones is 1. The number of halogens is 1. The summed E-state index contributed by atoms with van der Waals surface area (Å²) in [5, 5.41) is 0.489. The van der Waals surface area contributed by atoms with Crippen LogP contribution in [-0.2, 0) is 26.1 Å². The van der Waals surface area contributed by atoms with Gasteiger partial charge in [-0.3, -0.25) is 4.79 Å². The summed E-state index contributed by atoms with van der Waals surface area (Å²) in [4.78, 5) is 24.0. The third kappa shape index (κ3) is 6.79. The predicted octanol–water partition coefficient (Wildman–Crippen LogP) is 3.86. The van der Waals surface area contributed by atoms with Crippen LogP contribution in [0.1, 0.15) is 21.7 Å². The van der Waals surface area contributed by atoms with Crippen LogP contribution in [0.15, 0.2) is 76.2 Å². The molecule has 3 rings (SSSR count). The molecule has 0 aliphatic heterocycles. The molecule has 10 heteroatoms. The molecule has 0 atom stereocenters. The summed E-state index contributed by atoms with van der Waals surface area (Å²) >= 11 is 5.78. The lowest BCUT2D eigenvalue weighted by Crippen LogP contribution is -2.23. The van der Waals surface area contributed by atoms with E-state index in [-0.39, 0.29) is 23.0 Å². The summed E-state index contributed by atoms with van der Waals surface area (Å²) < 4.78 is 43.2. The topological polar surface area (TPSA) is 112 Å². The number of nitrogens with one attached hydrogen (secondary N) is 1. The average Bonchev–Trinajstić information content (AvgIpc) is 3.34. The number of carbonyl (C=O) groups excluding carboxylic acids is 2. The van der Waals surface area contributed by atoms with Gasteiger partial charge >= 0.3 is 5.97 Å². The first-order valence-electron chi connectivity index (χ1n) is 9.62. The molecule has 0 aliphatic rings. The van der Waals surface area contributed by atoms with Crippen molar-refractivity contribution in [2.45, 2.75) is 11.4 Å². The molecule has 0 amide bonds. The Morgan fingerprint density at radius 3 is 2.55 bits per heavy atom. The summed E-state index contributed by atoms with van der Waals surface area (Å²) in [6, 6.07) is 13.9. The van der Waals surface area contributed by atoms with Gasteiger partial charge in [0.1, 0.15) is 16.4 Å². The van der Waals surface area contributed by atoms with Crippen LogP contribution < -0.4 is 9.46 Å². The maximum absolute atomic E-state index is 12.7. The van der Waals surface area contributed by atoms with Gasteiger partial charge in [0, 0.05) is 16.7 Å². The molecule has 172 valence electrons. The third-order valence-electron chi connectivity index (χ3n) is 4.42. The molecule has 0 saturated carbocycles. The second kappa shape index (κ2) is 11.0. The molecule has 2 aromatic carbocycles. The van der Waals surface area contributed by atoms with Gasteiger partial charge in [0.15, 0.2) is 12.4 Å². The zero-order chi connectivity index (χ0) is 23.8. The zero-order valence-electron chi connectivity index (χ0n) is 17.5. The standard InChI is InChI=1S/C23H20ClNO7S/c1-30-21-10-4-16(13-22(21)33(28,29)25-14-19-3-2-12-31-19)5-11-23(27)32-15-20(26)17-6-8-18(24)9-7-17/h2-13,25H,14-15H2,1H3/b11-5+. The van der Waals surface area contributed by atoms with Crippen molar-refractivity contribution in [3.63, 3.8) is 0 Å². The van der Waals surface area contributed by atoms with E-state index in [4.69, 9.17) is 25.5 Å². The van der Waals surface area contributed by atoms with Gasteiger partial charge in [-0.25, -0.2) is 17.9 Å². The molecule has 0 spiro atoms. The number of methoxy groups -OCH3 is 1. The molecule has 33 heavy (non-hydrogen) atoms. The van der Waals surface area contributed by atoms with Crippen molar-refractivity contribution in [1.82, 2.24) is 4.72 Å². The van der Waals surface area contributed by atoms with E-state index < -0.39 is 22.6 Å². The number of carbonyl (C=O) groups is 2. The van der Waals surface area contributed by atoms with E-state index in [1.807, 2.05) is 0 Å². The monoisotopic (exact) mass is 489 g/mol. The highest BCUT2D eigenvalue weighted by Gasteiger charge is 2.20. The van der Waals surface area contributed by atoms with Gasteiger partial charge in [-0.1, -0.05) is 17.7 Å². The summed E-state index contributed by atoms with van der Waals surface area (Å²) in [6.07, 6.45) is 3.92. The van der Waals surface area contributed by atoms with E-state index in [1.165, 1.54) is 43.7 Å². The van der Waals surface area contributed by atoms with Gasteiger partial charge in [-0.15, -0.1) is 0 Å². The van der Waals surface area contributed by atoms with Crippen LogP contribution in [0.3, 0.4) is 0 Å². The Morgan fingerprint density at radius 2 is 1.88 bits per heavy atom. The number of benzene rings is 2. The summed E-state index contributed by atoms with van der Waals surface area (Å²) in [6.45, 7) is -0.476. The summed E-state index contributed by atoms with van der Waals surface area (Å²) in [5.74, 6) is -0.554. The lowest BCUT2D eigenvalue weighted by molar-refractivity contribution is -0.136. The van der Waals surface area contributed by atoms with Crippen molar-refractivity contribution < 1.29 is 31.9 Å². The van der Waals surface area contributed by atoms with Crippen LogP contribution in [0.25, 0.3) is 6.08 Å². The number of hydrogen-bond acceptors (Lipinski definition) is 7. The lowest BCUT2D eigenvalue weighted by atomic mass is 10.1. The van der Waals surface area contributed by atoms with Gasteiger partial charge in [-0.2, -0.15) is 0 Å². The van der Waals surface area contributed by atoms with Crippen molar-refractivity contribution in [1.29, 1.82) is 0 Å². The number of hydrogen-bond donors (Lipinski definition) is 1. The van der Waals surface area contributed by atoms with Crippen molar-refractivity contribution >= 4 is 39.5 Å². The maximum atomic E-state index is 12.7. The first-order valence-corrected chi connectivity index (χ1v) is 11.5. The van der Waals surface area contributed by atoms with E-state index in [0.717, 1.165) is 6.08 Å². The molecule has 8 nitrogen and oxygen atoms in total. The van der Waals surface area contributed by atoms with E-state index in [0.29, 0.717) is 21.9 Å². The van der Waals surface area contributed by atoms with Gasteiger partial charge < -0.3 is 13.9 Å². The van der Waals surface area contributed by atoms with Gasteiger partial charge in [0.05, 0.1) is 19.9 Å². The van der Waals surface area contributed by atoms with E-state index in [1.54, 1.807) is 30.3 Å². The van der Waals surface area contributed by atoms with Crippen molar-refractivity contribution in [2.24, 2.45) is 0 Å². The molecular formula is C23H20ClNO7S. The minimum Gasteiger partial charge on any atom is -0.495 e. The molecule has 0 fully saturated rings. The normalized spacial score (nSPS) is 11.5. The predicted molar refractivity (Wildman–Crippen MR) is 122 cm³/mol. The van der Waals surface area contributed by atoms with E-state index in [2.05, 4.69) is 4.72 Å². The number of esters is 1. The molecule has 1 aromatic heterocycles. The Morgan fingerprint density at radius 1 is 1.12 bits per heavy atom. The second-order valence-corrected chi connectivity index (χ2v) is 8.86. The minimum absolute atomic E-state index is 0.0352. The number of ether oxygens (including phenoxy) is 2. The Kier molecular flexibility index (Phi) is 8.05. The molecule has 0 unspecified atom stereocenters. The lowest BCUT2D eigenvalue weighted by Gasteiger charge is -2.11. The molecule has 1 heterocycles. The van der Waals surface area contributed by atoms with Crippen molar-refractivity contribution in [2.75, 3.05) is 13.7 Å². The third-order valence-corrected chi connectivity index (χ3v) is 6.09. The number of sulfonamides is 1. The quantitative estimate of drug-likeness (QED) is 0.261. The SMILES string of the molecule is COc1ccc(/C=C/C(=O)OCC(=O)c2ccc(Cl)cc2)cc1S(=O)(=O)NCc1ccco1. The molecule has 0 saturated heterocycles. The van der Waals surface area contributed by atoms with Crippen LogP contribution >= 0.6 is 11.6 Å². The van der Waals surface area contributed by atoms with Gasteiger partial charge in [-0.05, 0) is 60.2 Å². The van der Waals surface area contributed by atoms with E-state index >= 15 is 0 Å². The summed E-state index contributed by atoms with van der Waals surface area (Å²) in [5.41, 5.74) is 0.776. The Balaban J connectivity index is 1.65. The van der Waals surface area contributed by atoms with Crippen LogP contribution in [0.4, 0.5) is 0 Å². The highest BCUT2D eigenvalue weighted by molar-refractivity contribution is 7.89. The van der Waals surface area contributed by atoms with Gasteiger partial charge in [0.25, 0.3) is 0 Å². The number of furan rings is 1.